The Balaban J connectivity index is 3.03. The molecule has 1 heteroatoms. The van der Waals surface area contributed by atoms with Gasteiger partial charge in [0.15, 0.2) is 0 Å². The Morgan fingerprint density at radius 1 is 0.600 bits per heavy atom. The summed E-state index contributed by atoms with van der Waals surface area (Å²) in [6, 6.07) is 0. The second-order valence-corrected chi connectivity index (χ2v) is 7.79. The van der Waals surface area contributed by atoms with Crippen LogP contribution in [0.25, 0.3) is 0 Å². The minimum atomic E-state index is -0.403. The van der Waals surface area contributed by atoms with Crippen molar-refractivity contribution in [3.8, 4) is 0 Å². The Bertz CT molecular complexity index is 257. The Morgan fingerprint density at radius 3 is 1.36 bits per heavy atom. The predicted molar refractivity (Wildman–Crippen MR) is 114 cm³/mol. The van der Waals surface area contributed by atoms with Crippen molar-refractivity contribution >= 4 is 0 Å². The van der Waals surface area contributed by atoms with Crippen molar-refractivity contribution in [2.24, 2.45) is 0 Å². The zero-order valence-corrected chi connectivity index (χ0v) is 17.3. The fourth-order valence-electron chi connectivity index (χ4n) is 3.33. The van der Waals surface area contributed by atoms with Gasteiger partial charge in [-0.1, -0.05) is 115 Å². The molecule has 0 fully saturated rings. The van der Waals surface area contributed by atoms with Crippen LogP contribution >= 0.6 is 0 Å². The van der Waals surface area contributed by atoms with Crippen LogP contribution in [0.1, 0.15) is 129 Å². The van der Waals surface area contributed by atoms with Crippen molar-refractivity contribution in [2.75, 3.05) is 0 Å². The zero-order chi connectivity index (χ0) is 18.4. The van der Waals surface area contributed by atoms with E-state index in [1.54, 1.807) is 0 Å². The molecule has 0 aliphatic heterocycles. The lowest BCUT2D eigenvalue weighted by atomic mass is 10.0. The normalized spacial score (nSPS) is 12.9. The molecule has 0 spiro atoms. The number of aliphatic hydroxyl groups is 1. The lowest BCUT2D eigenvalue weighted by Crippen LogP contribution is -1.97. The van der Waals surface area contributed by atoms with Gasteiger partial charge in [-0.25, -0.2) is 0 Å². The van der Waals surface area contributed by atoms with Crippen LogP contribution in [0, 0.1) is 6.92 Å². The molecule has 1 atom stereocenters. The second kappa shape index (κ2) is 21.7. The van der Waals surface area contributed by atoms with E-state index in [4.69, 9.17) is 5.11 Å². The van der Waals surface area contributed by atoms with Gasteiger partial charge in [0.25, 0.3) is 0 Å². The first kappa shape index (κ1) is 24.7. The van der Waals surface area contributed by atoms with Crippen LogP contribution in [0.15, 0.2) is 12.2 Å². The second-order valence-electron chi connectivity index (χ2n) is 7.79. The third-order valence-electron chi connectivity index (χ3n) is 5.06. The molecule has 25 heavy (non-hydrogen) atoms. The van der Waals surface area contributed by atoms with Gasteiger partial charge in [-0.3, -0.25) is 0 Å². The average Bonchev–Trinajstić information content (AvgIpc) is 2.60. The van der Waals surface area contributed by atoms with E-state index < -0.39 is 6.10 Å². The first-order valence-corrected chi connectivity index (χ1v) is 11.4. The molecular formula is C24H47O. The van der Waals surface area contributed by atoms with Gasteiger partial charge < -0.3 is 5.11 Å². The summed E-state index contributed by atoms with van der Waals surface area (Å²) >= 11 is 0. The summed E-state index contributed by atoms with van der Waals surface area (Å²) in [7, 11) is 0. The van der Waals surface area contributed by atoms with Crippen molar-refractivity contribution < 1.29 is 5.11 Å². The first-order valence-electron chi connectivity index (χ1n) is 11.4. The standard InChI is InChI=1S/C24H47O/c1-3-4-5-6-7-8-9-10-11-12-13-14-15-16-17-18-19-20-21-22-23-24(2)25/h20-21,24-25H,2-19,22-23H2,1H3. The van der Waals surface area contributed by atoms with Gasteiger partial charge in [0.2, 0.25) is 0 Å². The third kappa shape index (κ3) is 23.7. The van der Waals surface area contributed by atoms with E-state index in [2.05, 4.69) is 26.0 Å². The van der Waals surface area contributed by atoms with Crippen LogP contribution in [0.3, 0.4) is 0 Å². The fourth-order valence-corrected chi connectivity index (χ4v) is 3.33. The number of rotatable bonds is 20. The quantitative estimate of drug-likeness (QED) is 0.173. The summed E-state index contributed by atoms with van der Waals surface area (Å²) in [6.45, 7) is 5.87. The van der Waals surface area contributed by atoms with E-state index in [1.165, 1.54) is 109 Å². The van der Waals surface area contributed by atoms with E-state index in [1.807, 2.05) is 0 Å². The molecule has 0 aliphatic carbocycles. The molecular weight excluding hydrogens is 304 g/mol. The van der Waals surface area contributed by atoms with Gasteiger partial charge >= 0.3 is 0 Å². The first-order chi connectivity index (χ1) is 12.3. The van der Waals surface area contributed by atoms with Crippen LogP contribution in [0.4, 0.5) is 0 Å². The summed E-state index contributed by atoms with van der Waals surface area (Å²) < 4.78 is 0. The van der Waals surface area contributed by atoms with Crippen molar-refractivity contribution in [1.29, 1.82) is 0 Å². The Kier molecular flexibility index (Phi) is 21.5. The van der Waals surface area contributed by atoms with E-state index in [0.717, 1.165) is 12.8 Å². The number of hydrogen-bond donors (Lipinski definition) is 1. The molecule has 0 bridgehead atoms. The van der Waals surface area contributed by atoms with Gasteiger partial charge in [-0.2, -0.15) is 0 Å². The largest absolute Gasteiger partial charge is 0.393 e. The van der Waals surface area contributed by atoms with Crippen LogP contribution in [-0.2, 0) is 0 Å². The maximum absolute atomic E-state index is 9.06. The third-order valence-corrected chi connectivity index (χ3v) is 5.06. The van der Waals surface area contributed by atoms with Crippen LogP contribution in [0.2, 0.25) is 0 Å². The van der Waals surface area contributed by atoms with Crippen LogP contribution in [0.5, 0.6) is 0 Å². The summed E-state index contributed by atoms with van der Waals surface area (Å²) in [6.07, 6.45) is 29.9. The maximum atomic E-state index is 9.06. The molecule has 0 rings (SSSR count). The number of aliphatic hydroxyl groups excluding tert-OH is 1. The Hall–Kier alpha value is -0.300. The molecule has 1 radical (unpaired) electrons. The molecule has 0 aromatic rings. The van der Waals surface area contributed by atoms with Gasteiger partial charge in [0, 0.05) is 0 Å². The molecule has 0 aromatic carbocycles. The zero-order valence-electron chi connectivity index (χ0n) is 17.3. The number of allylic oxidation sites excluding steroid dienone is 2. The van der Waals surface area contributed by atoms with Crippen molar-refractivity contribution in [2.45, 2.75) is 135 Å². The van der Waals surface area contributed by atoms with Crippen LogP contribution < -0.4 is 0 Å². The van der Waals surface area contributed by atoms with Gasteiger partial charge in [-0.05, 0) is 32.6 Å². The smallest absolute Gasteiger partial charge is 0.0544 e. The lowest BCUT2D eigenvalue weighted by Gasteiger charge is -2.03. The molecule has 0 amide bonds. The molecule has 0 aliphatic rings. The SMILES string of the molecule is [CH2]C(O)CCC=CCCCCCCCCCCCCCCCCCC. The Labute approximate surface area is 159 Å². The summed E-state index contributed by atoms with van der Waals surface area (Å²) in [5.41, 5.74) is 0. The molecule has 0 heterocycles. The summed E-state index contributed by atoms with van der Waals surface area (Å²) in [5, 5.41) is 9.06. The average molecular weight is 352 g/mol. The van der Waals surface area contributed by atoms with Gasteiger partial charge in [0.05, 0.1) is 6.10 Å². The lowest BCUT2D eigenvalue weighted by molar-refractivity contribution is 0.211. The fraction of sp³-hybridized carbons (Fsp3) is 0.875. The molecule has 0 saturated heterocycles. The van der Waals surface area contributed by atoms with Crippen molar-refractivity contribution in [3.63, 3.8) is 0 Å². The Morgan fingerprint density at radius 2 is 0.960 bits per heavy atom. The monoisotopic (exact) mass is 351 g/mol. The maximum Gasteiger partial charge on any atom is 0.0544 e. The molecule has 1 nitrogen and oxygen atoms in total. The van der Waals surface area contributed by atoms with Gasteiger partial charge in [0.1, 0.15) is 0 Å². The minimum Gasteiger partial charge on any atom is -0.393 e. The van der Waals surface area contributed by atoms with E-state index >= 15 is 0 Å². The number of unbranched alkanes of at least 4 members (excludes halogenated alkanes) is 16. The highest BCUT2D eigenvalue weighted by Gasteiger charge is 1.94. The highest BCUT2D eigenvalue weighted by atomic mass is 16.3. The molecule has 149 valence electrons. The van der Waals surface area contributed by atoms with Gasteiger partial charge in [-0.15, -0.1) is 0 Å². The van der Waals surface area contributed by atoms with E-state index in [-0.39, 0.29) is 0 Å². The van der Waals surface area contributed by atoms with Crippen molar-refractivity contribution in [1.82, 2.24) is 0 Å². The summed E-state index contributed by atoms with van der Waals surface area (Å²) in [5.74, 6) is 0. The predicted octanol–water partition coefficient (Wildman–Crippen LogP) is 8.17. The van der Waals surface area contributed by atoms with Crippen LogP contribution in [-0.4, -0.2) is 11.2 Å². The van der Waals surface area contributed by atoms with E-state index in [9.17, 15) is 0 Å². The molecule has 0 saturated carbocycles. The number of hydrogen-bond acceptors (Lipinski definition) is 1. The van der Waals surface area contributed by atoms with E-state index in [0.29, 0.717) is 0 Å². The van der Waals surface area contributed by atoms with Crippen molar-refractivity contribution in [3.05, 3.63) is 19.1 Å². The highest BCUT2D eigenvalue weighted by molar-refractivity contribution is 4.82. The summed E-state index contributed by atoms with van der Waals surface area (Å²) in [4.78, 5) is 0. The molecule has 0 aromatic heterocycles. The topological polar surface area (TPSA) is 20.2 Å². The molecule has 1 N–H and O–H groups in total. The molecule has 1 unspecified atom stereocenters. The minimum absolute atomic E-state index is 0.403. The highest BCUT2D eigenvalue weighted by Crippen LogP contribution is 2.14.